The highest BCUT2D eigenvalue weighted by molar-refractivity contribution is 6.15. The van der Waals surface area contributed by atoms with Crippen molar-refractivity contribution < 1.29 is 4.42 Å². The Morgan fingerprint density at radius 3 is 1.98 bits per heavy atom. The van der Waals surface area contributed by atoms with Crippen LogP contribution in [0.15, 0.2) is 214 Å². The van der Waals surface area contributed by atoms with Crippen LogP contribution in [0, 0.1) is 0 Å². The van der Waals surface area contributed by atoms with Gasteiger partial charge in [0.2, 0.25) is 0 Å². The van der Waals surface area contributed by atoms with Gasteiger partial charge in [-0.15, -0.1) is 0 Å². The van der Waals surface area contributed by atoms with Crippen molar-refractivity contribution in [2.45, 2.75) is 6.54 Å². The van der Waals surface area contributed by atoms with Gasteiger partial charge in [0.25, 0.3) is 0 Å². The Balaban J connectivity index is 1.01. The number of rotatable bonds is 7. The molecule has 0 aliphatic rings. The van der Waals surface area contributed by atoms with Crippen LogP contribution < -0.4 is 0 Å². The van der Waals surface area contributed by atoms with Crippen LogP contribution in [0.2, 0.25) is 0 Å². The molecule has 0 spiro atoms. The van der Waals surface area contributed by atoms with E-state index in [0.29, 0.717) is 18.2 Å². The van der Waals surface area contributed by atoms with Crippen LogP contribution >= 0.6 is 0 Å². The number of furan rings is 1. The number of fused-ring (bicyclic) bond motifs is 6. The average Bonchev–Trinajstić information content (AvgIpc) is 3.83. The molecule has 5 nitrogen and oxygen atoms in total. The molecule has 0 aliphatic heterocycles. The molecule has 0 saturated carbocycles. The second-order valence-electron chi connectivity index (χ2n) is 14.1. The van der Waals surface area contributed by atoms with Crippen molar-refractivity contribution in [3.8, 4) is 27.9 Å². The summed E-state index contributed by atoms with van der Waals surface area (Å²) in [6.07, 6.45) is 0. The zero-order valence-electron chi connectivity index (χ0n) is 31.1. The zero-order chi connectivity index (χ0) is 38.1. The minimum Gasteiger partial charge on any atom is -0.456 e. The lowest BCUT2D eigenvalue weighted by atomic mass is 9.98. The smallest absolute Gasteiger partial charge is 0.161 e. The van der Waals surface area contributed by atoms with Crippen LogP contribution in [0.1, 0.15) is 16.7 Å². The zero-order valence-corrected chi connectivity index (χ0v) is 31.1. The standard InChI is InChI=1S/C52H36N4O/c1-53-51(55-52(37-16-6-3-7-17-37)54-34-35-14-4-2-5-15-35)38-28-26-36(27-29-38)39-18-12-19-41(32-39)56-46-23-10-8-20-43(46)45-33-40(30-31-47(45)56)42-22-13-25-49-50(42)44-21-9-11-24-48(44)57-49/h2-33H,1,34H2. The molecule has 0 fully saturated rings. The van der Waals surface area contributed by atoms with E-state index in [1.54, 1.807) is 0 Å². The molecule has 0 N–H and O–H groups in total. The first-order valence-electron chi connectivity index (χ1n) is 19.1. The first-order valence-corrected chi connectivity index (χ1v) is 19.1. The van der Waals surface area contributed by atoms with Gasteiger partial charge in [0.05, 0.1) is 17.6 Å². The van der Waals surface area contributed by atoms with E-state index in [2.05, 4.69) is 150 Å². The van der Waals surface area contributed by atoms with Crippen molar-refractivity contribution in [3.63, 3.8) is 0 Å². The highest BCUT2D eigenvalue weighted by atomic mass is 16.3. The third-order valence-corrected chi connectivity index (χ3v) is 10.6. The van der Waals surface area contributed by atoms with Gasteiger partial charge in [-0.2, -0.15) is 0 Å². The molecular weight excluding hydrogens is 697 g/mol. The van der Waals surface area contributed by atoms with Crippen LogP contribution in [0.4, 0.5) is 0 Å². The summed E-state index contributed by atoms with van der Waals surface area (Å²) in [6, 6.07) is 67.4. The van der Waals surface area contributed by atoms with Crippen LogP contribution in [0.3, 0.4) is 0 Å². The van der Waals surface area contributed by atoms with Crippen molar-refractivity contribution in [3.05, 3.63) is 211 Å². The first-order chi connectivity index (χ1) is 28.2. The fraction of sp³-hybridized carbons (Fsp3) is 0.0192. The molecule has 8 aromatic carbocycles. The van der Waals surface area contributed by atoms with E-state index in [0.717, 1.165) is 77.6 Å². The number of aromatic nitrogens is 1. The minimum absolute atomic E-state index is 0.515. The Bertz CT molecular complexity index is 3150. The summed E-state index contributed by atoms with van der Waals surface area (Å²) in [5.74, 6) is 1.14. The van der Waals surface area contributed by atoms with Gasteiger partial charge in [-0.25, -0.2) is 9.98 Å². The van der Waals surface area contributed by atoms with Crippen LogP contribution in [-0.2, 0) is 6.54 Å². The lowest BCUT2D eigenvalue weighted by Gasteiger charge is -2.11. The molecule has 0 radical (unpaired) electrons. The summed E-state index contributed by atoms with van der Waals surface area (Å²) < 4.78 is 8.61. The number of nitrogens with zero attached hydrogens (tertiary/aromatic N) is 4. The highest BCUT2D eigenvalue weighted by Crippen LogP contribution is 2.40. The Labute approximate surface area is 330 Å². The molecule has 0 unspecified atom stereocenters. The molecule has 0 atom stereocenters. The normalized spacial score (nSPS) is 12.2. The predicted molar refractivity (Wildman–Crippen MR) is 238 cm³/mol. The highest BCUT2D eigenvalue weighted by Gasteiger charge is 2.17. The molecule has 10 rings (SSSR count). The second kappa shape index (κ2) is 14.5. The number of para-hydroxylation sites is 2. The minimum atomic E-state index is 0.515. The topological polar surface area (TPSA) is 55.1 Å². The van der Waals surface area contributed by atoms with E-state index in [-0.39, 0.29) is 0 Å². The molecule has 0 bridgehead atoms. The van der Waals surface area contributed by atoms with Gasteiger partial charge in [0, 0.05) is 38.4 Å². The Hall–Kier alpha value is -7.63. The van der Waals surface area contributed by atoms with Crippen LogP contribution in [-0.4, -0.2) is 23.0 Å². The van der Waals surface area contributed by atoms with Crippen molar-refractivity contribution in [2.75, 3.05) is 0 Å². The second-order valence-corrected chi connectivity index (χ2v) is 14.1. The first kappa shape index (κ1) is 33.9. The van der Waals surface area contributed by atoms with E-state index >= 15 is 0 Å². The number of hydrogen-bond donors (Lipinski definition) is 0. The summed E-state index contributed by atoms with van der Waals surface area (Å²) >= 11 is 0. The fourth-order valence-electron chi connectivity index (χ4n) is 7.89. The Morgan fingerprint density at radius 2 is 1.16 bits per heavy atom. The number of aliphatic imine (C=N–C) groups is 3. The van der Waals surface area contributed by atoms with E-state index in [1.807, 2.05) is 60.7 Å². The van der Waals surface area contributed by atoms with Gasteiger partial charge in [-0.05, 0) is 77.0 Å². The summed E-state index contributed by atoms with van der Waals surface area (Å²) in [6.45, 7) is 4.39. The lowest BCUT2D eigenvalue weighted by molar-refractivity contribution is 0.669. The quantitative estimate of drug-likeness (QED) is 0.119. The maximum absolute atomic E-state index is 6.24. The molecule has 5 heteroatoms. The number of amidine groups is 2. The van der Waals surface area contributed by atoms with E-state index in [9.17, 15) is 0 Å². The van der Waals surface area contributed by atoms with E-state index in [4.69, 9.17) is 14.4 Å². The molecule has 2 heterocycles. The van der Waals surface area contributed by atoms with Crippen molar-refractivity contribution in [1.82, 2.24) is 4.57 Å². The van der Waals surface area contributed by atoms with Gasteiger partial charge >= 0.3 is 0 Å². The molecule has 0 saturated heterocycles. The Morgan fingerprint density at radius 1 is 0.491 bits per heavy atom. The Kier molecular flexibility index (Phi) is 8.65. The molecular formula is C52H36N4O. The van der Waals surface area contributed by atoms with E-state index < -0.39 is 0 Å². The molecule has 57 heavy (non-hydrogen) atoms. The summed E-state index contributed by atoms with van der Waals surface area (Å²) in [7, 11) is 0. The van der Waals surface area contributed by atoms with Gasteiger partial charge in [-0.1, -0.05) is 152 Å². The summed E-state index contributed by atoms with van der Waals surface area (Å²) in [5, 5.41) is 4.68. The average molecular weight is 733 g/mol. The molecule has 0 amide bonds. The maximum atomic E-state index is 6.24. The van der Waals surface area contributed by atoms with Crippen molar-refractivity contribution in [1.29, 1.82) is 0 Å². The van der Waals surface area contributed by atoms with E-state index in [1.165, 1.54) is 10.8 Å². The monoisotopic (exact) mass is 732 g/mol. The molecule has 0 aliphatic carbocycles. The SMILES string of the molecule is C=NC(=NC(=NCc1ccccc1)c1ccccc1)c1ccc(-c2cccc(-n3c4ccccc4c4cc(-c5cccc6oc7ccccc7c56)ccc43)c2)cc1. The summed E-state index contributed by atoms with van der Waals surface area (Å²) in [5.41, 5.74) is 12.6. The van der Waals surface area contributed by atoms with Gasteiger partial charge < -0.3 is 8.98 Å². The predicted octanol–water partition coefficient (Wildman–Crippen LogP) is 13.1. The third kappa shape index (κ3) is 6.31. The van der Waals surface area contributed by atoms with Crippen molar-refractivity contribution in [2.24, 2.45) is 15.0 Å². The van der Waals surface area contributed by atoms with Gasteiger partial charge in [0.15, 0.2) is 11.7 Å². The molecule has 2 aromatic heterocycles. The lowest BCUT2D eigenvalue weighted by Crippen LogP contribution is -2.05. The largest absolute Gasteiger partial charge is 0.456 e. The summed E-state index contributed by atoms with van der Waals surface area (Å²) in [4.78, 5) is 14.2. The number of benzene rings is 8. The molecule has 270 valence electrons. The maximum Gasteiger partial charge on any atom is 0.161 e. The molecule has 10 aromatic rings. The van der Waals surface area contributed by atoms with Gasteiger partial charge in [-0.3, -0.25) is 4.99 Å². The number of hydrogen-bond acceptors (Lipinski definition) is 2. The van der Waals surface area contributed by atoms with Crippen molar-refractivity contribution >= 4 is 62.1 Å². The van der Waals surface area contributed by atoms with Crippen LogP contribution in [0.25, 0.3) is 71.7 Å². The fourth-order valence-corrected chi connectivity index (χ4v) is 7.89. The van der Waals surface area contributed by atoms with Gasteiger partial charge in [0.1, 0.15) is 11.2 Å². The van der Waals surface area contributed by atoms with Crippen LogP contribution in [0.5, 0.6) is 0 Å². The third-order valence-electron chi connectivity index (χ3n) is 10.6.